The van der Waals surface area contributed by atoms with Crippen LogP contribution >= 0.6 is 33.9 Å². The van der Waals surface area contributed by atoms with Gasteiger partial charge < -0.3 is 4.74 Å². The van der Waals surface area contributed by atoms with E-state index in [0.717, 1.165) is 20.0 Å². The fourth-order valence-electron chi connectivity index (χ4n) is 1.82. The third-order valence-corrected chi connectivity index (χ3v) is 4.43. The third-order valence-electron chi connectivity index (χ3n) is 2.85. The van der Waals surface area contributed by atoms with Gasteiger partial charge in [0.05, 0.1) is 17.0 Å². The molecular formula is C16H11IN2O2S. The van der Waals surface area contributed by atoms with E-state index in [0.29, 0.717) is 5.56 Å². The van der Waals surface area contributed by atoms with Crippen LogP contribution in [-0.4, -0.2) is 15.9 Å². The number of carbonyl (C=O) groups excluding carboxylic acids is 1. The van der Waals surface area contributed by atoms with Crippen LogP contribution in [0.25, 0.3) is 10.7 Å². The van der Waals surface area contributed by atoms with Crippen molar-refractivity contribution < 1.29 is 9.53 Å². The fraction of sp³-hybridized carbons (Fsp3) is 0.0625. The molecule has 4 nitrogen and oxygen atoms in total. The molecule has 0 fully saturated rings. The number of rotatable bonds is 4. The van der Waals surface area contributed by atoms with E-state index >= 15 is 0 Å². The summed E-state index contributed by atoms with van der Waals surface area (Å²) in [5, 5.41) is 2.70. The number of benzene rings is 1. The molecule has 0 bridgehead atoms. The van der Waals surface area contributed by atoms with E-state index in [-0.39, 0.29) is 12.6 Å². The molecule has 0 aliphatic carbocycles. The Balaban J connectivity index is 1.65. The summed E-state index contributed by atoms with van der Waals surface area (Å²) in [5.74, 6) is -0.342. The molecule has 0 spiro atoms. The molecule has 0 N–H and O–H groups in total. The molecule has 22 heavy (non-hydrogen) atoms. The summed E-state index contributed by atoms with van der Waals surface area (Å²) in [4.78, 5) is 20.7. The maximum atomic E-state index is 12.0. The third kappa shape index (κ3) is 3.69. The number of aromatic nitrogens is 2. The molecule has 2 heterocycles. The van der Waals surface area contributed by atoms with E-state index < -0.39 is 0 Å². The van der Waals surface area contributed by atoms with E-state index in [4.69, 9.17) is 4.74 Å². The van der Waals surface area contributed by atoms with Crippen LogP contribution in [0.3, 0.4) is 0 Å². The van der Waals surface area contributed by atoms with Gasteiger partial charge in [-0.2, -0.15) is 0 Å². The Morgan fingerprint density at radius 2 is 2.14 bits per heavy atom. The normalized spacial score (nSPS) is 10.4. The first-order valence-electron chi connectivity index (χ1n) is 6.51. The first kappa shape index (κ1) is 15.1. The van der Waals surface area contributed by atoms with Gasteiger partial charge in [-0.1, -0.05) is 12.1 Å². The lowest BCUT2D eigenvalue weighted by molar-refractivity contribution is 0.0468. The van der Waals surface area contributed by atoms with Crippen LogP contribution < -0.4 is 0 Å². The first-order chi connectivity index (χ1) is 10.7. The highest BCUT2D eigenvalue weighted by Crippen LogP contribution is 2.21. The van der Waals surface area contributed by atoms with Gasteiger partial charge in [0.25, 0.3) is 0 Å². The van der Waals surface area contributed by atoms with Crippen LogP contribution in [0.15, 0.2) is 54.0 Å². The summed E-state index contributed by atoms with van der Waals surface area (Å²) in [6.45, 7) is 0.160. The lowest BCUT2D eigenvalue weighted by Crippen LogP contribution is -2.05. The first-order valence-corrected chi connectivity index (χ1v) is 8.47. The molecule has 1 aromatic carbocycles. The average Bonchev–Trinajstić information content (AvgIpc) is 3.02. The largest absolute Gasteiger partial charge is 0.456 e. The number of nitrogens with zero attached hydrogens (tertiary/aromatic N) is 2. The topological polar surface area (TPSA) is 52.1 Å². The van der Waals surface area contributed by atoms with Crippen molar-refractivity contribution >= 4 is 39.9 Å². The van der Waals surface area contributed by atoms with Gasteiger partial charge in [-0.3, -0.25) is 4.98 Å². The molecule has 6 heteroatoms. The van der Waals surface area contributed by atoms with Gasteiger partial charge in [0.2, 0.25) is 0 Å². The summed E-state index contributed by atoms with van der Waals surface area (Å²) in [6.07, 6.45) is 1.73. The van der Waals surface area contributed by atoms with Crippen molar-refractivity contribution in [3.05, 3.63) is 68.9 Å². The van der Waals surface area contributed by atoms with Crippen molar-refractivity contribution in [1.29, 1.82) is 0 Å². The van der Waals surface area contributed by atoms with Gasteiger partial charge in [-0.05, 0) is 52.9 Å². The number of pyridine rings is 1. The molecule has 0 saturated carbocycles. The second kappa shape index (κ2) is 6.97. The number of ether oxygens (including phenoxy) is 1. The number of thiazole rings is 1. The maximum absolute atomic E-state index is 12.0. The van der Waals surface area contributed by atoms with Gasteiger partial charge in [0.1, 0.15) is 11.6 Å². The number of carbonyl (C=O) groups is 1. The number of hydrogen-bond acceptors (Lipinski definition) is 5. The number of esters is 1. The summed E-state index contributed by atoms with van der Waals surface area (Å²) < 4.78 is 6.30. The highest BCUT2D eigenvalue weighted by Gasteiger charge is 2.10. The number of hydrogen-bond donors (Lipinski definition) is 0. The van der Waals surface area contributed by atoms with Crippen molar-refractivity contribution in [3.63, 3.8) is 0 Å². The Morgan fingerprint density at radius 1 is 1.23 bits per heavy atom. The van der Waals surface area contributed by atoms with Crippen molar-refractivity contribution in [1.82, 2.24) is 9.97 Å². The molecule has 0 aliphatic rings. The molecule has 3 rings (SSSR count). The highest BCUT2D eigenvalue weighted by molar-refractivity contribution is 14.1. The van der Waals surface area contributed by atoms with E-state index in [2.05, 4.69) is 32.6 Å². The van der Waals surface area contributed by atoms with Gasteiger partial charge >= 0.3 is 5.97 Å². The molecule has 110 valence electrons. The van der Waals surface area contributed by atoms with E-state index in [1.807, 2.05) is 35.7 Å². The van der Waals surface area contributed by atoms with Crippen LogP contribution in [0, 0.1) is 3.57 Å². The zero-order valence-electron chi connectivity index (χ0n) is 11.4. The minimum Gasteiger partial charge on any atom is -0.456 e. The summed E-state index contributed by atoms with van der Waals surface area (Å²) in [6, 6.07) is 13.0. The SMILES string of the molecule is O=C(OCc1csc(-c2ccccn2)n1)c1cccc(I)c1. The minimum atomic E-state index is -0.342. The molecule has 0 amide bonds. The van der Waals surface area contributed by atoms with Crippen LogP contribution in [-0.2, 0) is 11.3 Å². The predicted molar refractivity (Wildman–Crippen MR) is 93.6 cm³/mol. The molecular weight excluding hydrogens is 411 g/mol. The highest BCUT2D eigenvalue weighted by atomic mass is 127. The second-order valence-corrected chi connectivity index (χ2v) is 6.55. The van der Waals surface area contributed by atoms with E-state index in [1.165, 1.54) is 11.3 Å². The van der Waals surface area contributed by atoms with Crippen LogP contribution in [0.2, 0.25) is 0 Å². The lowest BCUT2D eigenvalue weighted by Gasteiger charge is -2.03. The lowest BCUT2D eigenvalue weighted by atomic mass is 10.2. The molecule has 0 aliphatic heterocycles. The van der Waals surface area contributed by atoms with Crippen molar-refractivity contribution in [2.45, 2.75) is 6.61 Å². The van der Waals surface area contributed by atoms with Crippen molar-refractivity contribution in [2.24, 2.45) is 0 Å². The Kier molecular flexibility index (Phi) is 4.79. The summed E-state index contributed by atoms with van der Waals surface area (Å²) in [7, 11) is 0. The monoisotopic (exact) mass is 422 g/mol. The quantitative estimate of drug-likeness (QED) is 0.468. The van der Waals surface area contributed by atoms with Gasteiger partial charge in [0.15, 0.2) is 0 Å². The van der Waals surface area contributed by atoms with Crippen molar-refractivity contribution in [3.8, 4) is 10.7 Å². The maximum Gasteiger partial charge on any atom is 0.338 e. The summed E-state index contributed by atoms with van der Waals surface area (Å²) >= 11 is 3.65. The average molecular weight is 422 g/mol. The van der Waals surface area contributed by atoms with Crippen molar-refractivity contribution in [2.75, 3.05) is 0 Å². The molecule has 0 radical (unpaired) electrons. The zero-order chi connectivity index (χ0) is 15.4. The molecule has 0 saturated heterocycles. The molecule has 2 aromatic heterocycles. The molecule has 0 atom stereocenters. The predicted octanol–water partition coefficient (Wildman–Crippen LogP) is 4.17. The zero-order valence-corrected chi connectivity index (χ0v) is 14.4. The Labute approximate surface area is 145 Å². The minimum absolute atomic E-state index is 0.160. The van der Waals surface area contributed by atoms with Crippen LogP contribution in [0.5, 0.6) is 0 Å². The molecule has 0 unspecified atom stereocenters. The second-order valence-electron chi connectivity index (χ2n) is 4.45. The smallest absolute Gasteiger partial charge is 0.338 e. The van der Waals surface area contributed by atoms with Crippen LogP contribution in [0.4, 0.5) is 0 Å². The van der Waals surface area contributed by atoms with Gasteiger partial charge in [-0.15, -0.1) is 11.3 Å². The fourth-order valence-corrected chi connectivity index (χ4v) is 3.14. The van der Waals surface area contributed by atoms with Crippen LogP contribution in [0.1, 0.15) is 16.1 Å². The summed E-state index contributed by atoms with van der Waals surface area (Å²) in [5.41, 5.74) is 2.10. The Morgan fingerprint density at radius 3 is 2.91 bits per heavy atom. The number of halogens is 1. The van der Waals surface area contributed by atoms with E-state index in [1.54, 1.807) is 18.3 Å². The Hall–Kier alpha value is -1.80. The van der Waals surface area contributed by atoms with Gasteiger partial charge in [0, 0.05) is 15.1 Å². The standard InChI is InChI=1S/C16H11IN2O2S/c17-12-5-3-4-11(8-12)16(20)21-9-13-10-22-15(19-13)14-6-1-2-7-18-14/h1-8,10H,9H2. The Bertz CT molecular complexity index is 790. The molecule has 3 aromatic rings. The van der Waals surface area contributed by atoms with E-state index in [9.17, 15) is 4.79 Å². The van der Waals surface area contributed by atoms with Gasteiger partial charge in [-0.25, -0.2) is 9.78 Å².